The van der Waals surface area contributed by atoms with E-state index < -0.39 is 9.84 Å². The number of phenols is 1. The van der Waals surface area contributed by atoms with Crippen molar-refractivity contribution in [2.45, 2.75) is 35.5 Å². The summed E-state index contributed by atoms with van der Waals surface area (Å²) in [6.45, 7) is 4.70. The van der Waals surface area contributed by atoms with Gasteiger partial charge in [-0.1, -0.05) is 18.2 Å². The Kier molecular flexibility index (Phi) is 6.32. The van der Waals surface area contributed by atoms with Crippen molar-refractivity contribution in [3.05, 3.63) is 54.1 Å². The van der Waals surface area contributed by atoms with E-state index in [2.05, 4.69) is 9.80 Å². The van der Waals surface area contributed by atoms with Crippen molar-refractivity contribution < 1.29 is 18.3 Å². The lowest BCUT2D eigenvalue weighted by molar-refractivity contribution is 0.0885. The third-order valence-electron chi connectivity index (χ3n) is 6.36. The van der Waals surface area contributed by atoms with Gasteiger partial charge in [0.25, 0.3) is 0 Å². The number of methoxy groups -OCH3 is 1. The number of ether oxygens (including phenoxy) is 1. The van der Waals surface area contributed by atoms with Crippen molar-refractivity contribution in [1.82, 2.24) is 4.90 Å². The average Bonchev–Trinajstić information content (AvgIpc) is 2.76. The van der Waals surface area contributed by atoms with Gasteiger partial charge >= 0.3 is 0 Å². The van der Waals surface area contributed by atoms with Gasteiger partial charge in [0.2, 0.25) is 0 Å². The lowest BCUT2D eigenvalue weighted by atomic mass is 10.0. The molecule has 7 heteroatoms. The van der Waals surface area contributed by atoms with Gasteiger partial charge in [-0.25, -0.2) is 8.42 Å². The van der Waals surface area contributed by atoms with Crippen LogP contribution in [0.3, 0.4) is 0 Å². The Hall–Kier alpha value is -2.09. The van der Waals surface area contributed by atoms with Crippen molar-refractivity contribution in [1.29, 1.82) is 0 Å². The Bertz CT molecular complexity index is 953. The first-order chi connectivity index (χ1) is 14.5. The largest absolute Gasteiger partial charge is 0.508 e. The minimum Gasteiger partial charge on any atom is -0.508 e. The fourth-order valence-electron chi connectivity index (χ4n) is 4.61. The van der Waals surface area contributed by atoms with Crippen molar-refractivity contribution in [2.24, 2.45) is 0 Å². The van der Waals surface area contributed by atoms with Gasteiger partial charge in [-0.15, -0.1) is 0 Å². The molecule has 0 bridgehead atoms. The van der Waals surface area contributed by atoms with E-state index in [4.69, 9.17) is 4.74 Å². The van der Waals surface area contributed by atoms with E-state index in [0.717, 1.165) is 50.4 Å². The van der Waals surface area contributed by atoms with Crippen molar-refractivity contribution in [3.63, 3.8) is 0 Å². The molecule has 30 heavy (non-hydrogen) atoms. The Labute approximate surface area is 179 Å². The maximum atomic E-state index is 13.1. The van der Waals surface area contributed by atoms with E-state index in [1.807, 2.05) is 24.3 Å². The fourth-order valence-corrected chi connectivity index (χ4v) is 6.67. The van der Waals surface area contributed by atoms with E-state index >= 15 is 0 Å². The maximum Gasteiger partial charge on any atom is 0.181 e. The molecule has 4 rings (SSSR count). The van der Waals surface area contributed by atoms with Crippen LogP contribution in [0.15, 0.2) is 53.4 Å². The number of nitrogens with zero attached hydrogens (tertiary/aromatic N) is 2. The molecule has 2 atom stereocenters. The van der Waals surface area contributed by atoms with Crippen LogP contribution in [0.1, 0.15) is 30.9 Å². The third-order valence-corrected chi connectivity index (χ3v) is 8.65. The topological polar surface area (TPSA) is 70.1 Å². The highest BCUT2D eigenvalue weighted by molar-refractivity contribution is 7.92. The van der Waals surface area contributed by atoms with E-state index in [1.165, 1.54) is 0 Å². The summed E-state index contributed by atoms with van der Waals surface area (Å²) in [5, 5.41) is 9.07. The predicted molar refractivity (Wildman–Crippen MR) is 118 cm³/mol. The Balaban J connectivity index is 1.30. The number of fused-ring (bicyclic) bond motifs is 1. The summed E-state index contributed by atoms with van der Waals surface area (Å²) in [6.07, 6.45) is 1.91. The molecular formula is C23H30N2O4S. The van der Waals surface area contributed by atoms with Gasteiger partial charge in [-0.2, -0.15) is 0 Å². The molecular weight excluding hydrogens is 400 g/mol. The third kappa shape index (κ3) is 4.33. The highest BCUT2D eigenvalue weighted by atomic mass is 32.2. The van der Waals surface area contributed by atoms with E-state index in [0.29, 0.717) is 17.7 Å². The molecule has 2 heterocycles. The van der Waals surface area contributed by atoms with E-state index in [-0.39, 0.29) is 17.1 Å². The molecule has 1 N–H and O–H groups in total. The molecule has 2 aromatic carbocycles. The molecule has 6 nitrogen and oxygen atoms in total. The fraction of sp³-hybridized carbons (Fsp3) is 0.478. The number of phenolic OH excluding ortho intramolecular Hbond substituents is 1. The first kappa shape index (κ1) is 21.2. The van der Waals surface area contributed by atoms with Gasteiger partial charge in [-0.3, -0.25) is 4.90 Å². The minimum atomic E-state index is -3.30. The molecule has 2 aromatic rings. The molecule has 0 amide bonds. The molecule has 162 valence electrons. The van der Waals surface area contributed by atoms with Gasteiger partial charge < -0.3 is 14.7 Å². The number of hydrogen-bond acceptors (Lipinski definition) is 6. The summed E-state index contributed by atoms with van der Waals surface area (Å²) < 4.78 is 31.8. The number of benzene rings is 2. The monoisotopic (exact) mass is 430 g/mol. The first-order valence-corrected chi connectivity index (χ1v) is 12.2. The smallest absolute Gasteiger partial charge is 0.181 e. The second-order valence-electron chi connectivity index (χ2n) is 8.15. The summed E-state index contributed by atoms with van der Waals surface area (Å²) in [4.78, 5) is 5.17. The zero-order valence-electron chi connectivity index (χ0n) is 17.4. The standard InChI is InChI=1S/C23H30N2O4S/c1-29-22-17-20(30(27,28)23-7-3-2-6-21(22)23)5-4-12-24-13-15-25(16-14-24)18-8-10-19(26)11-9-18/h2-3,6-11,20,22,26H,4-5,12-17H2,1H3. The Morgan fingerprint density at radius 1 is 1.03 bits per heavy atom. The molecule has 1 fully saturated rings. The van der Waals surface area contributed by atoms with Crippen LogP contribution in [-0.2, 0) is 14.6 Å². The molecule has 0 saturated carbocycles. The Morgan fingerprint density at radius 2 is 1.73 bits per heavy atom. The lowest BCUT2D eigenvalue weighted by Crippen LogP contribution is -2.46. The summed E-state index contributed by atoms with van der Waals surface area (Å²) in [6, 6.07) is 14.6. The minimum absolute atomic E-state index is 0.149. The van der Waals surface area contributed by atoms with Crippen molar-refractivity contribution in [3.8, 4) is 5.75 Å². The SMILES string of the molecule is COC1CC(CCCN2CCN(c3ccc(O)cc3)CC2)S(=O)(=O)c2ccccc21. The van der Waals surface area contributed by atoms with Crippen LogP contribution < -0.4 is 4.90 Å². The highest BCUT2D eigenvalue weighted by Gasteiger charge is 2.38. The molecule has 0 aliphatic carbocycles. The first-order valence-electron chi connectivity index (χ1n) is 10.6. The summed E-state index contributed by atoms with van der Waals surface area (Å²) in [7, 11) is -1.65. The lowest BCUT2D eigenvalue weighted by Gasteiger charge is -2.36. The number of rotatable bonds is 6. The molecule has 2 aliphatic rings. The van der Waals surface area contributed by atoms with E-state index in [1.54, 1.807) is 31.4 Å². The zero-order valence-corrected chi connectivity index (χ0v) is 18.2. The molecule has 0 aromatic heterocycles. The number of piperazine rings is 1. The quantitative estimate of drug-likeness (QED) is 0.759. The molecule has 2 aliphatic heterocycles. The number of aromatic hydroxyl groups is 1. The summed E-state index contributed by atoms with van der Waals surface area (Å²) in [5.74, 6) is 0.286. The normalized spacial score (nSPS) is 23.8. The van der Waals surface area contributed by atoms with Crippen LogP contribution in [0.25, 0.3) is 0 Å². The highest BCUT2D eigenvalue weighted by Crippen LogP contribution is 2.39. The van der Waals surface area contributed by atoms with Crippen LogP contribution in [0.5, 0.6) is 5.75 Å². The van der Waals surface area contributed by atoms with Crippen LogP contribution in [-0.4, -0.2) is 63.5 Å². The number of anilines is 1. The number of sulfone groups is 1. The van der Waals surface area contributed by atoms with Gasteiger partial charge in [0.15, 0.2) is 9.84 Å². The van der Waals surface area contributed by atoms with Crippen LogP contribution in [0.4, 0.5) is 5.69 Å². The van der Waals surface area contributed by atoms with Crippen LogP contribution in [0, 0.1) is 0 Å². The zero-order chi connectivity index (χ0) is 21.1. The maximum absolute atomic E-state index is 13.1. The van der Waals surface area contributed by atoms with Crippen LogP contribution >= 0.6 is 0 Å². The van der Waals surface area contributed by atoms with Gasteiger partial charge in [0, 0.05) is 39.0 Å². The predicted octanol–water partition coefficient (Wildman–Crippen LogP) is 3.23. The van der Waals surface area contributed by atoms with Gasteiger partial charge in [0.1, 0.15) is 5.75 Å². The molecule has 0 spiro atoms. The van der Waals surface area contributed by atoms with Crippen molar-refractivity contribution in [2.75, 3.05) is 44.7 Å². The molecule has 1 saturated heterocycles. The second kappa shape index (κ2) is 8.96. The van der Waals surface area contributed by atoms with Gasteiger partial charge in [0.05, 0.1) is 16.2 Å². The second-order valence-corrected chi connectivity index (χ2v) is 10.3. The van der Waals surface area contributed by atoms with Crippen molar-refractivity contribution >= 4 is 15.5 Å². The van der Waals surface area contributed by atoms with Gasteiger partial charge in [-0.05, 0) is 61.7 Å². The molecule has 0 radical (unpaired) electrons. The average molecular weight is 431 g/mol. The Morgan fingerprint density at radius 3 is 2.43 bits per heavy atom. The summed E-state index contributed by atoms with van der Waals surface area (Å²) in [5.41, 5.74) is 1.92. The summed E-state index contributed by atoms with van der Waals surface area (Å²) >= 11 is 0. The van der Waals surface area contributed by atoms with E-state index in [9.17, 15) is 13.5 Å². The number of hydrogen-bond donors (Lipinski definition) is 1. The molecule has 2 unspecified atom stereocenters. The van der Waals surface area contributed by atoms with Crippen LogP contribution in [0.2, 0.25) is 0 Å².